The van der Waals surface area contributed by atoms with E-state index in [0.717, 1.165) is 10.9 Å². The Bertz CT molecular complexity index is 1150. The van der Waals surface area contributed by atoms with Crippen molar-refractivity contribution in [3.8, 4) is 11.3 Å². The van der Waals surface area contributed by atoms with Gasteiger partial charge in [-0.25, -0.2) is 9.78 Å². The van der Waals surface area contributed by atoms with Gasteiger partial charge in [-0.1, -0.05) is 41.9 Å². The molecule has 0 aliphatic heterocycles. The molecule has 0 aliphatic carbocycles. The van der Waals surface area contributed by atoms with Gasteiger partial charge in [-0.3, -0.25) is 5.43 Å². The van der Waals surface area contributed by atoms with Gasteiger partial charge in [0.15, 0.2) is 0 Å². The molecule has 0 amide bonds. The topological polar surface area (TPSA) is 67.5 Å². The zero-order valence-electron chi connectivity index (χ0n) is 13.3. The molecule has 0 bridgehead atoms. The molecule has 0 unspecified atom stereocenters. The molecule has 26 heavy (non-hydrogen) atoms. The average Bonchev–Trinajstić information content (AvgIpc) is 3.11. The van der Waals surface area contributed by atoms with Crippen LogP contribution in [0.4, 0.5) is 5.13 Å². The highest BCUT2D eigenvalue weighted by molar-refractivity contribution is 7.14. The maximum atomic E-state index is 12.2. The number of thiazole rings is 1. The second kappa shape index (κ2) is 7.11. The van der Waals surface area contributed by atoms with Crippen LogP contribution in [0.2, 0.25) is 5.02 Å². The van der Waals surface area contributed by atoms with Gasteiger partial charge in [0, 0.05) is 15.8 Å². The smallest absolute Gasteiger partial charge is 0.345 e. The Kier molecular flexibility index (Phi) is 4.51. The number of benzene rings is 2. The van der Waals surface area contributed by atoms with Crippen LogP contribution < -0.4 is 11.1 Å². The predicted molar refractivity (Wildman–Crippen MR) is 106 cm³/mol. The number of hydrazone groups is 1. The van der Waals surface area contributed by atoms with Crippen molar-refractivity contribution >= 4 is 45.3 Å². The lowest BCUT2D eigenvalue weighted by Crippen LogP contribution is -2.02. The van der Waals surface area contributed by atoms with E-state index in [2.05, 4.69) is 15.5 Å². The second-order valence-corrected chi connectivity index (χ2v) is 6.74. The van der Waals surface area contributed by atoms with Crippen LogP contribution in [-0.2, 0) is 0 Å². The molecule has 0 aliphatic rings. The molecule has 2 aromatic heterocycles. The molecule has 1 N–H and O–H groups in total. The van der Waals surface area contributed by atoms with Crippen LogP contribution in [0.15, 0.2) is 74.3 Å². The lowest BCUT2D eigenvalue weighted by Gasteiger charge is -1.99. The molecule has 5 nitrogen and oxygen atoms in total. The summed E-state index contributed by atoms with van der Waals surface area (Å²) in [5.74, 6) is 0. The number of halogens is 1. The first kappa shape index (κ1) is 16.5. The molecule has 0 fully saturated rings. The third-order valence-corrected chi connectivity index (χ3v) is 4.66. The third kappa shape index (κ3) is 3.51. The van der Waals surface area contributed by atoms with Crippen LogP contribution in [0.25, 0.3) is 22.2 Å². The molecule has 0 spiro atoms. The molecule has 0 saturated heterocycles. The number of anilines is 1. The Morgan fingerprint density at radius 3 is 2.81 bits per heavy atom. The molecule has 2 heterocycles. The molecular weight excluding hydrogens is 370 g/mol. The van der Waals surface area contributed by atoms with Gasteiger partial charge in [-0.2, -0.15) is 5.10 Å². The highest BCUT2D eigenvalue weighted by Gasteiger charge is 2.11. The number of aromatic nitrogens is 1. The van der Waals surface area contributed by atoms with E-state index in [1.165, 1.54) is 11.3 Å². The summed E-state index contributed by atoms with van der Waals surface area (Å²) in [7, 11) is 0. The summed E-state index contributed by atoms with van der Waals surface area (Å²) in [5, 5.41) is 8.05. The highest BCUT2D eigenvalue weighted by atomic mass is 35.5. The summed E-state index contributed by atoms with van der Waals surface area (Å²) in [5.41, 5.74) is 4.90. The first-order valence-electron chi connectivity index (χ1n) is 7.72. The summed E-state index contributed by atoms with van der Waals surface area (Å²) in [6.45, 7) is 0. The number of para-hydroxylation sites is 1. The molecule has 4 rings (SSSR count). The predicted octanol–water partition coefficient (Wildman–Crippen LogP) is 5.02. The lowest BCUT2D eigenvalue weighted by atomic mass is 10.1. The fraction of sp³-hybridized carbons (Fsp3) is 0. The largest absolute Gasteiger partial charge is 0.422 e. The number of nitrogens with zero attached hydrogens (tertiary/aromatic N) is 2. The molecule has 0 atom stereocenters. The number of fused-ring (bicyclic) bond motifs is 1. The van der Waals surface area contributed by atoms with Crippen molar-refractivity contribution in [1.29, 1.82) is 0 Å². The van der Waals surface area contributed by atoms with Crippen molar-refractivity contribution in [1.82, 2.24) is 4.98 Å². The summed E-state index contributed by atoms with van der Waals surface area (Å²) in [6, 6.07) is 16.5. The summed E-state index contributed by atoms with van der Waals surface area (Å²) in [4.78, 5) is 16.6. The monoisotopic (exact) mass is 381 g/mol. The molecule has 128 valence electrons. The fourth-order valence-corrected chi connectivity index (χ4v) is 3.19. The molecule has 0 saturated carbocycles. The van der Waals surface area contributed by atoms with Crippen molar-refractivity contribution < 1.29 is 4.42 Å². The summed E-state index contributed by atoms with van der Waals surface area (Å²) < 4.78 is 5.35. The van der Waals surface area contributed by atoms with Crippen molar-refractivity contribution in [2.75, 3.05) is 5.43 Å². The van der Waals surface area contributed by atoms with Crippen LogP contribution in [0, 0.1) is 0 Å². The van der Waals surface area contributed by atoms with E-state index in [1.54, 1.807) is 35.9 Å². The van der Waals surface area contributed by atoms with Gasteiger partial charge >= 0.3 is 5.63 Å². The third-order valence-electron chi connectivity index (χ3n) is 3.67. The molecule has 0 radical (unpaired) electrons. The van der Waals surface area contributed by atoms with Crippen molar-refractivity contribution in [2.24, 2.45) is 5.10 Å². The Balaban J connectivity index is 1.55. The van der Waals surface area contributed by atoms with Gasteiger partial charge in [0.1, 0.15) is 5.58 Å². The van der Waals surface area contributed by atoms with Crippen LogP contribution >= 0.6 is 22.9 Å². The van der Waals surface area contributed by atoms with Gasteiger partial charge in [0.25, 0.3) is 0 Å². The van der Waals surface area contributed by atoms with E-state index in [9.17, 15) is 4.79 Å². The van der Waals surface area contributed by atoms with E-state index in [0.29, 0.717) is 27.0 Å². The molecule has 7 heteroatoms. The number of hydrogen-bond acceptors (Lipinski definition) is 6. The van der Waals surface area contributed by atoms with Gasteiger partial charge in [-0.15, -0.1) is 11.3 Å². The molecule has 2 aromatic carbocycles. The zero-order valence-corrected chi connectivity index (χ0v) is 14.9. The Morgan fingerprint density at radius 1 is 1.15 bits per heavy atom. The quantitative estimate of drug-likeness (QED) is 0.306. The number of nitrogens with one attached hydrogen (secondary N) is 1. The van der Waals surface area contributed by atoms with Crippen LogP contribution in [0.1, 0.15) is 5.56 Å². The summed E-state index contributed by atoms with van der Waals surface area (Å²) >= 11 is 7.21. The maximum absolute atomic E-state index is 12.2. The van der Waals surface area contributed by atoms with Crippen molar-refractivity contribution in [3.05, 3.63) is 81.0 Å². The first-order valence-corrected chi connectivity index (χ1v) is 8.98. The van der Waals surface area contributed by atoms with Crippen molar-refractivity contribution in [2.45, 2.75) is 0 Å². The Hall–Kier alpha value is -2.96. The van der Waals surface area contributed by atoms with E-state index < -0.39 is 5.63 Å². The van der Waals surface area contributed by atoms with E-state index in [-0.39, 0.29) is 0 Å². The zero-order chi connectivity index (χ0) is 17.9. The minimum atomic E-state index is -0.412. The van der Waals surface area contributed by atoms with Gasteiger partial charge in [0.05, 0.1) is 17.5 Å². The SMILES string of the molecule is O=c1oc2ccccc2cc1-c1csc(N/N=C/c2ccc(Cl)cc2)n1. The minimum absolute atomic E-state index is 0.412. The highest BCUT2D eigenvalue weighted by Crippen LogP contribution is 2.25. The first-order chi connectivity index (χ1) is 12.7. The van der Waals surface area contributed by atoms with Crippen LogP contribution in [-0.4, -0.2) is 11.2 Å². The van der Waals surface area contributed by atoms with Gasteiger partial charge in [-0.05, 0) is 29.8 Å². The van der Waals surface area contributed by atoms with Crippen molar-refractivity contribution in [3.63, 3.8) is 0 Å². The number of hydrogen-bond donors (Lipinski definition) is 1. The fourth-order valence-electron chi connectivity index (χ4n) is 2.40. The van der Waals surface area contributed by atoms with E-state index in [4.69, 9.17) is 16.0 Å². The minimum Gasteiger partial charge on any atom is -0.422 e. The number of rotatable bonds is 4. The lowest BCUT2D eigenvalue weighted by molar-refractivity contribution is 0.563. The maximum Gasteiger partial charge on any atom is 0.345 e. The van der Waals surface area contributed by atoms with E-state index >= 15 is 0 Å². The van der Waals surface area contributed by atoms with Gasteiger partial charge < -0.3 is 4.42 Å². The second-order valence-electron chi connectivity index (χ2n) is 5.44. The molecular formula is C19H12ClN3O2S. The molecule has 4 aromatic rings. The Labute approximate surface area is 157 Å². The summed E-state index contributed by atoms with van der Waals surface area (Å²) in [6.07, 6.45) is 1.67. The van der Waals surface area contributed by atoms with Crippen LogP contribution in [0.5, 0.6) is 0 Å². The van der Waals surface area contributed by atoms with Gasteiger partial charge in [0.2, 0.25) is 5.13 Å². The Morgan fingerprint density at radius 2 is 1.96 bits per heavy atom. The van der Waals surface area contributed by atoms with Crippen LogP contribution in [0.3, 0.4) is 0 Å². The van der Waals surface area contributed by atoms with E-state index in [1.807, 2.05) is 30.3 Å². The normalized spacial score (nSPS) is 11.3. The average molecular weight is 382 g/mol. The standard InChI is InChI=1S/C19H12ClN3O2S/c20-14-7-5-12(6-8-14)10-21-23-19-22-16(11-26-19)15-9-13-3-1-2-4-17(13)25-18(15)24/h1-11H,(H,22,23)/b21-10+.